The van der Waals surface area contributed by atoms with Gasteiger partial charge >= 0.3 is 0 Å². The Morgan fingerprint density at radius 1 is 1.17 bits per heavy atom. The molecule has 1 N–H and O–H groups in total. The monoisotopic (exact) mass is 241 g/mol. The van der Waals surface area contributed by atoms with Gasteiger partial charge in [0.15, 0.2) is 0 Å². The molecule has 0 saturated heterocycles. The predicted molar refractivity (Wildman–Crippen MR) is 73.8 cm³/mol. The molecule has 3 rings (SSSR count). The highest BCUT2D eigenvalue weighted by molar-refractivity contribution is 5.36. The summed E-state index contributed by atoms with van der Waals surface area (Å²) in [6.07, 6.45) is 4.39. The molecule has 1 aliphatic rings. The summed E-state index contributed by atoms with van der Waals surface area (Å²) < 4.78 is 1.83. The van der Waals surface area contributed by atoms with E-state index in [1.165, 1.54) is 24.0 Å². The second-order valence-electron chi connectivity index (χ2n) is 5.29. The third kappa shape index (κ3) is 2.26. The van der Waals surface area contributed by atoms with Gasteiger partial charge in [-0.2, -0.15) is 5.10 Å². The number of nitrogens with zero attached hydrogens (tertiary/aromatic N) is 2. The number of aryl methyl sites for hydroxylation is 2. The quantitative estimate of drug-likeness (QED) is 0.895. The van der Waals surface area contributed by atoms with E-state index in [0.717, 1.165) is 5.82 Å². The Kier molecular flexibility index (Phi) is 2.82. The maximum Gasteiger partial charge on any atom is 0.148 e. The van der Waals surface area contributed by atoms with E-state index < -0.39 is 0 Å². The zero-order chi connectivity index (χ0) is 12.5. The van der Waals surface area contributed by atoms with Crippen molar-refractivity contribution < 1.29 is 0 Å². The van der Waals surface area contributed by atoms with E-state index in [1.807, 2.05) is 24.0 Å². The van der Waals surface area contributed by atoms with Crippen molar-refractivity contribution in [1.29, 1.82) is 0 Å². The summed E-state index contributed by atoms with van der Waals surface area (Å²) in [7, 11) is 1.95. The first-order valence-electron chi connectivity index (χ1n) is 6.53. The summed E-state index contributed by atoms with van der Waals surface area (Å²) in [5.41, 5.74) is 2.81. The van der Waals surface area contributed by atoms with Gasteiger partial charge in [-0.3, -0.25) is 4.68 Å². The summed E-state index contributed by atoms with van der Waals surface area (Å²) in [6, 6.07) is 11.5. The third-order valence-corrected chi connectivity index (χ3v) is 3.75. The van der Waals surface area contributed by atoms with Crippen LogP contribution in [0.2, 0.25) is 0 Å². The van der Waals surface area contributed by atoms with E-state index in [2.05, 4.69) is 41.6 Å². The minimum Gasteiger partial charge on any atom is -0.366 e. The first-order valence-corrected chi connectivity index (χ1v) is 6.53. The highest BCUT2D eigenvalue weighted by Gasteiger charge is 2.30. The molecule has 0 spiro atoms. The number of benzene rings is 1. The number of anilines is 1. The average molecular weight is 241 g/mol. The van der Waals surface area contributed by atoms with Crippen LogP contribution in [0.3, 0.4) is 0 Å². The van der Waals surface area contributed by atoms with Crippen LogP contribution >= 0.6 is 0 Å². The van der Waals surface area contributed by atoms with Crippen LogP contribution in [-0.4, -0.2) is 15.8 Å². The second kappa shape index (κ2) is 4.48. The fourth-order valence-corrected chi connectivity index (χ4v) is 2.55. The molecule has 18 heavy (non-hydrogen) atoms. The van der Waals surface area contributed by atoms with Gasteiger partial charge in [0.2, 0.25) is 0 Å². The Balaban J connectivity index is 1.55. The number of nitrogens with one attached hydrogen (secondary N) is 1. The molecule has 3 heteroatoms. The molecular formula is C15H19N3. The van der Waals surface area contributed by atoms with Crippen molar-refractivity contribution in [3.05, 3.63) is 47.7 Å². The lowest BCUT2D eigenvalue weighted by atomic mass is 9.76. The molecule has 0 unspecified atom stereocenters. The summed E-state index contributed by atoms with van der Waals surface area (Å²) in [4.78, 5) is 0. The Morgan fingerprint density at radius 2 is 1.89 bits per heavy atom. The lowest BCUT2D eigenvalue weighted by molar-refractivity contribution is 0.373. The van der Waals surface area contributed by atoms with Gasteiger partial charge in [0.05, 0.1) is 0 Å². The van der Waals surface area contributed by atoms with Gasteiger partial charge in [0, 0.05) is 25.4 Å². The zero-order valence-corrected chi connectivity index (χ0v) is 10.9. The predicted octanol–water partition coefficient (Wildman–Crippen LogP) is 3.09. The first-order chi connectivity index (χ1) is 8.70. The molecule has 0 radical (unpaired) electrons. The van der Waals surface area contributed by atoms with E-state index in [1.54, 1.807) is 0 Å². The van der Waals surface area contributed by atoms with E-state index in [0.29, 0.717) is 12.0 Å². The highest BCUT2D eigenvalue weighted by atomic mass is 15.3. The summed E-state index contributed by atoms with van der Waals surface area (Å²) in [5.74, 6) is 1.71. The Hall–Kier alpha value is -1.77. The Labute approximate surface area is 108 Å². The fourth-order valence-electron chi connectivity index (χ4n) is 2.55. The second-order valence-corrected chi connectivity index (χ2v) is 5.29. The molecule has 94 valence electrons. The van der Waals surface area contributed by atoms with Crippen molar-refractivity contribution in [1.82, 2.24) is 9.78 Å². The molecule has 3 nitrogen and oxygen atoms in total. The molecule has 1 aromatic carbocycles. The average Bonchev–Trinajstić information content (AvgIpc) is 2.71. The molecule has 1 aliphatic carbocycles. The van der Waals surface area contributed by atoms with Crippen molar-refractivity contribution in [2.45, 2.75) is 31.7 Å². The molecule has 1 fully saturated rings. The molecule has 1 aromatic heterocycles. The minimum absolute atomic E-state index is 0.575. The van der Waals surface area contributed by atoms with Crippen LogP contribution in [0.25, 0.3) is 0 Å². The Morgan fingerprint density at radius 3 is 2.50 bits per heavy atom. The number of hydrogen-bond acceptors (Lipinski definition) is 2. The van der Waals surface area contributed by atoms with E-state index in [9.17, 15) is 0 Å². The van der Waals surface area contributed by atoms with Crippen LogP contribution < -0.4 is 5.32 Å². The molecule has 1 heterocycles. The van der Waals surface area contributed by atoms with Crippen molar-refractivity contribution in [2.75, 3.05) is 5.32 Å². The highest BCUT2D eigenvalue weighted by Crippen LogP contribution is 2.38. The lowest BCUT2D eigenvalue weighted by Crippen LogP contribution is -2.34. The lowest BCUT2D eigenvalue weighted by Gasteiger charge is -2.36. The molecule has 0 bridgehead atoms. The zero-order valence-electron chi connectivity index (χ0n) is 10.9. The Bertz CT molecular complexity index is 521. The van der Waals surface area contributed by atoms with E-state index in [4.69, 9.17) is 0 Å². The van der Waals surface area contributed by atoms with Gasteiger partial charge in [0.25, 0.3) is 0 Å². The van der Waals surface area contributed by atoms with Crippen LogP contribution in [0.5, 0.6) is 0 Å². The van der Waals surface area contributed by atoms with Crippen LogP contribution in [0.15, 0.2) is 36.5 Å². The van der Waals surface area contributed by atoms with Gasteiger partial charge in [-0.05, 0) is 31.2 Å². The van der Waals surface area contributed by atoms with E-state index >= 15 is 0 Å². The SMILES string of the molecule is Cc1ccc(C2CC(Nc3ccn(C)n3)C2)cc1. The topological polar surface area (TPSA) is 29.9 Å². The van der Waals surface area contributed by atoms with Gasteiger partial charge in [-0.1, -0.05) is 29.8 Å². The van der Waals surface area contributed by atoms with Crippen molar-refractivity contribution in [3.63, 3.8) is 0 Å². The van der Waals surface area contributed by atoms with Crippen molar-refractivity contribution >= 4 is 5.82 Å². The molecule has 0 amide bonds. The standard InChI is InChI=1S/C15H19N3/c1-11-3-5-12(6-4-11)13-9-14(10-13)16-15-7-8-18(2)17-15/h3-8,13-14H,9-10H2,1-2H3,(H,16,17). The molecular weight excluding hydrogens is 222 g/mol. The van der Waals surface area contributed by atoms with Crippen LogP contribution in [-0.2, 0) is 7.05 Å². The van der Waals surface area contributed by atoms with Gasteiger partial charge in [0.1, 0.15) is 5.82 Å². The molecule has 0 atom stereocenters. The minimum atomic E-state index is 0.575. The third-order valence-electron chi connectivity index (χ3n) is 3.75. The number of hydrogen-bond donors (Lipinski definition) is 1. The maximum atomic E-state index is 4.35. The van der Waals surface area contributed by atoms with Crippen LogP contribution in [0.4, 0.5) is 5.82 Å². The summed E-state index contributed by atoms with van der Waals surface area (Å²) in [5, 5.41) is 7.83. The normalized spacial score (nSPS) is 22.6. The molecule has 2 aromatic rings. The largest absolute Gasteiger partial charge is 0.366 e. The van der Waals surface area contributed by atoms with Crippen molar-refractivity contribution in [2.24, 2.45) is 7.05 Å². The van der Waals surface area contributed by atoms with Gasteiger partial charge < -0.3 is 5.32 Å². The molecule has 0 aliphatic heterocycles. The maximum absolute atomic E-state index is 4.35. The summed E-state index contributed by atoms with van der Waals surface area (Å²) in [6.45, 7) is 2.13. The first kappa shape index (κ1) is 11.3. The number of aromatic nitrogens is 2. The van der Waals surface area contributed by atoms with Crippen LogP contribution in [0.1, 0.15) is 29.9 Å². The van der Waals surface area contributed by atoms with Crippen molar-refractivity contribution in [3.8, 4) is 0 Å². The number of rotatable bonds is 3. The smallest absolute Gasteiger partial charge is 0.148 e. The van der Waals surface area contributed by atoms with Gasteiger partial charge in [-0.15, -0.1) is 0 Å². The van der Waals surface area contributed by atoms with Crippen LogP contribution in [0, 0.1) is 6.92 Å². The molecule has 1 saturated carbocycles. The summed E-state index contributed by atoms with van der Waals surface area (Å²) >= 11 is 0. The fraction of sp³-hybridized carbons (Fsp3) is 0.400. The van der Waals surface area contributed by atoms with Gasteiger partial charge in [-0.25, -0.2) is 0 Å². The van der Waals surface area contributed by atoms with E-state index in [-0.39, 0.29) is 0 Å².